The number of phenolic OH excluding ortho intramolecular Hbond substituents is 1. The summed E-state index contributed by atoms with van der Waals surface area (Å²) in [6.45, 7) is 1.48. The zero-order valence-corrected chi connectivity index (χ0v) is 24.3. The van der Waals surface area contributed by atoms with Crippen LogP contribution >= 0.6 is 0 Å². The van der Waals surface area contributed by atoms with Crippen molar-refractivity contribution in [3.05, 3.63) is 45.9 Å². The van der Waals surface area contributed by atoms with Crippen molar-refractivity contribution in [2.75, 3.05) is 26.0 Å². The lowest BCUT2D eigenvalue weighted by Gasteiger charge is -2.53. The van der Waals surface area contributed by atoms with Gasteiger partial charge in [0.1, 0.15) is 22.8 Å². The van der Waals surface area contributed by atoms with Crippen molar-refractivity contribution in [1.29, 1.82) is 0 Å². The number of aliphatic hydroxyl groups excluding tert-OH is 3. The number of ketones is 2. The van der Waals surface area contributed by atoms with Gasteiger partial charge in [0.05, 0.1) is 35.9 Å². The number of nitrogens with two attached hydrogens (primary N) is 1. The molecular weight excluding hydrogens is 560 g/mol. The third-order valence-corrected chi connectivity index (χ3v) is 9.54. The quantitative estimate of drug-likeness (QED) is 0.166. The normalized spacial score (nSPS) is 31.0. The van der Waals surface area contributed by atoms with Crippen LogP contribution in [0.15, 0.2) is 34.8 Å². The van der Waals surface area contributed by atoms with E-state index in [2.05, 4.69) is 10.6 Å². The Kier molecular flexibility index (Phi) is 7.78. The summed E-state index contributed by atoms with van der Waals surface area (Å²) in [7, 11) is 2.96. The second-order valence-corrected chi connectivity index (χ2v) is 12.2. The molecular formula is C30H38N4O9. The minimum Gasteiger partial charge on any atom is -0.510 e. The molecule has 9 N–H and O–H groups in total. The van der Waals surface area contributed by atoms with Crippen molar-refractivity contribution < 1.29 is 44.7 Å². The van der Waals surface area contributed by atoms with Crippen LogP contribution in [0.3, 0.4) is 0 Å². The van der Waals surface area contributed by atoms with Crippen molar-refractivity contribution in [1.82, 2.24) is 10.2 Å². The van der Waals surface area contributed by atoms with Gasteiger partial charge in [0, 0.05) is 17.5 Å². The lowest BCUT2D eigenvalue weighted by atomic mass is 9.55. The molecule has 43 heavy (non-hydrogen) atoms. The molecule has 13 nitrogen and oxygen atoms in total. The molecule has 0 unspecified atom stereocenters. The van der Waals surface area contributed by atoms with Gasteiger partial charge in [0.25, 0.3) is 5.91 Å². The lowest BCUT2D eigenvalue weighted by molar-refractivity contribution is -0.162. The highest BCUT2D eigenvalue weighted by Gasteiger charge is 2.67. The van der Waals surface area contributed by atoms with Gasteiger partial charge in [0.15, 0.2) is 11.4 Å². The average Bonchev–Trinajstić information content (AvgIpc) is 2.94. The first-order valence-corrected chi connectivity index (χ1v) is 14.4. The van der Waals surface area contributed by atoms with E-state index in [0.29, 0.717) is 5.56 Å². The van der Waals surface area contributed by atoms with Crippen LogP contribution in [0.4, 0.5) is 5.69 Å². The second kappa shape index (κ2) is 11.0. The molecule has 2 amide bonds. The highest BCUT2D eigenvalue weighted by molar-refractivity contribution is 6.25. The van der Waals surface area contributed by atoms with E-state index < -0.39 is 81.4 Å². The maximum Gasteiger partial charge on any atom is 0.255 e. The minimum absolute atomic E-state index is 0.0786. The smallest absolute Gasteiger partial charge is 0.255 e. The number of carbonyl (C=O) groups excluding carboxylic acids is 4. The van der Waals surface area contributed by atoms with Crippen LogP contribution in [0.1, 0.15) is 60.9 Å². The number of carbonyl (C=O) groups is 4. The Morgan fingerprint density at radius 3 is 2.35 bits per heavy atom. The van der Waals surface area contributed by atoms with Gasteiger partial charge in [-0.2, -0.15) is 0 Å². The van der Waals surface area contributed by atoms with Crippen LogP contribution in [0.25, 0.3) is 0 Å². The Balaban J connectivity index is 1.54. The van der Waals surface area contributed by atoms with Crippen LogP contribution in [-0.4, -0.2) is 98.2 Å². The summed E-state index contributed by atoms with van der Waals surface area (Å²) in [6, 6.07) is 1.83. The third kappa shape index (κ3) is 4.57. The molecule has 1 aromatic carbocycles. The number of nitrogens with zero attached hydrogens (tertiary/aromatic N) is 1. The van der Waals surface area contributed by atoms with Crippen LogP contribution in [0, 0.1) is 11.8 Å². The van der Waals surface area contributed by atoms with E-state index in [1.807, 2.05) is 0 Å². The number of nitrogens with one attached hydrogen (secondary N) is 2. The molecule has 0 heterocycles. The highest BCUT2D eigenvalue weighted by atomic mass is 16.4. The maximum absolute atomic E-state index is 14.0. The molecule has 0 spiro atoms. The summed E-state index contributed by atoms with van der Waals surface area (Å²) >= 11 is 0. The van der Waals surface area contributed by atoms with Crippen molar-refractivity contribution in [3.8, 4) is 5.75 Å². The molecule has 1 fully saturated rings. The summed E-state index contributed by atoms with van der Waals surface area (Å²) in [6.07, 6.45) is 3.35. The molecule has 0 saturated heterocycles. The van der Waals surface area contributed by atoms with Crippen LogP contribution in [-0.2, 0) is 14.4 Å². The van der Waals surface area contributed by atoms with E-state index in [4.69, 9.17) is 5.73 Å². The number of hydrogen-bond acceptors (Lipinski definition) is 11. The Hall–Kier alpha value is -3.94. The van der Waals surface area contributed by atoms with Crippen LogP contribution < -0.4 is 16.4 Å². The Morgan fingerprint density at radius 2 is 1.74 bits per heavy atom. The van der Waals surface area contributed by atoms with Gasteiger partial charge >= 0.3 is 0 Å². The van der Waals surface area contributed by atoms with Gasteiger partial charge in [0.2, 0.25) is 11.7 Å². The van der Waals surface area contributed by atoms with E-state index in [9.17, 15) is 44.7 Å². The Morgan fingerprint density at radius 1 is 1.09 bits per heavy atom. The number of anilines is 1. The highest BCUT2D eigenvalue weighted by Crippen LogP contribution is 2.56. The largest absolute Gasteiger partial charge is 0.510 e. The zero-order chi connectivity index (χ0) is 31.5. The number of aromatic hydroxyl groups is 1. The van der Waals surface area contributed by atoms with Crippen LogP contribution in [0.5, 0.6) is 5.75 Å². The average molecular weight is 599 g/mol. The first-order valence-electron chi connectivity index (χ1n) is 14.4. The van der Waals surface area contributed by atoms with Crippen molar-refractivity contribution >= 4 is 29.1 Å². The number of amides is 2. The predicted octanol–water partition coefficient (Wildman–Crippen LogP) is 0.513. The molecule has 0 aliphatic heterocycles. The van der Waals surface area contributed by atoms with E-state index in [0.717, 1.165) is 32.1 Å². The number of Topliss-reactive ketones (excluding diaryl/α,β-unsaturated/α-hetero) is 2. The molecule has 13 heteroatoms. The molecule has 0 radical (unpaired) electrons. The number of phenols is 1. The number of likely N-dealkylation sites (N-methyl/N-ethyl adjacent to an activating group) is 1. The molecule has 1 aromatic rings. The molecule has 0 aromatic heterocycles. The van der Waals surface area contributed by atoms with E-state index in [1.165, 1.54) is 25.1 Å². The molecule has 4 aliphatic rings. The molecule has 6 atom stereocenters. The minimum atomic E-state index is -2.98. The summed E-state index contributed by atoms with van der Waals surface area (Å²) in [5.74, 6) is -9.82. The Labute approximate surface area is 248 Å². The Bertz CT molecular complexity index is 1460. The monoisotopic (exact) mass is 598 g/mol. The summed E-state index contributed by atoms with van der Waals surface area (Å²) in [5.41, 5.74) is 1.12. The molecule has 0 bridgehead atoms. The van der Waals surface area contributed by atoms with Gasteiger partial charge in [-0.1, -0.05) is 32.3 Å². The molecule has 5 rings (SSSR count). The van der Waals surface area contributed by atoms with E-state index >= 15 is 0 Å². The zero-order valence-electron chi connectivity index (χ0n) is 24.3. The fourth-order valence-corrected chi connectivity index (χ4v) is 7.47. The number of hydrogen-bond donors (Lipinski definition) is 8. The standard InChI is InChI=1S/C30H38N4O9/c1-12-14-9-10-15(32-11-16(35)33-13-7-5-4-6-8-13)23(36)18(14)24(37)19-17(12)25(38)21-22(34(2)3)26(39)20(29(31)42)28(41)30(21,43)27(19)40/h9-10,12-13,17,21-22,25,32,36,38-40,43H,4-8,11H2,1-3H3,(H2,31,42)(H,33,35)/t12-,17+,21+,22+,25-,30-/m1/s1. The maximum atomic E-state index is 14.0. The first kappa shape index (κ1) is 30.5. The van der Waals surface area contributed by atoms with Gasteiger partial charge in [-0.15, -0.1) is 0 Å². The van der Waals surface area contributed by atoms with Crippen LogP contribution in [0.2, 0.25) is 0 Å². The SMILES string of the molecule is C[C@@H]1c2ccc(NCC(=O)NC3CCCCC3)c(O)c2C(=O)C2=C(O)[C@@]3(O)C(=O)C(C(N)=O)=C(O)[C@@H](N(C)C)[C@H]3[C@H](O)[C@H]21. The fraction of sp³-hybridized carbons (Fsp3) is 0.533. The molecule has 1 saturated carbocycles. The number of fused-ring (bicyclic) bond motifs is 3. The summed E-state index contributed by atoms with van der Waals surface area (Å²) < 4.78 is 0. The van der Waals surface area contributed by atoms with E-state index in [-0.39, 0.29) is 29.7 Å². The number of benzene rings is 1. The lowest BCUT2D eigenvalue weighted by Crippen LogP contribution is -2.68. The number of primary amides is 1. The molecule has 232 valence electrons. The van der Waals surface area contributed by atoms with Gasteiger partial charge in [-0.05, 0) is 44.5 Å². The summed E-state index contributed by atoms with van der Waals surface area (Å²) in [4.78, 5) is 53.5. The van der Waals surface area contributed by atoms with E-state index in [1.54, 1.807) is 13.0 Å². The predicted molar refractivity (Wildman–Crippen MR) is 153 cm³/mol. The first-order chi connectivity index (χ1) is 20.2. The van der Waals surface area contributed by atoms with Gasteiger partial charge < -0.3 is 41.9 Å². The topological polar surface area (TPSA) is 223 Å². The van der Waals surface area contributed by atoms with Gasteiger partial charge in [-0.25, -0.2) is 0 Å². The second-order valence-electron chi connectivity index (χ2n) is 12.2. The molecule has 4 aliphatic carbocycles. The van der Waals surface area contributed by atoms with Crippen molar-refractivity contribution in [2.45, 2.75) is 68.7 Å². The van der Waals surface area contributed by atoms with Crippen molar-refractivity contribution in [3.63, 3.8) is 0 Å². The number of rotatable bonds is 6. The fourth-order valence-electron chi connectivity index (χ4n) is 7.47. The van der Waals surface area contributed by atoms with Gasteiger partial charge in [-0.3, -0.25) is 24.1 Å². The third-order valence-electron chi connectivity index (χ3n) is 9.54. The number of aliphatic hydroxyl groups is 4. The van der Waals surface area contributed by atoms with Crippen molar-refractivity contribution in [2.24, 2.45) is 17.6 Å². The summed E-state index contributed by atoms with van der Waals surface area (Å²) in [5, 5.41) is 62.8.